The third kappa shape index (κ3) is 2.52. The Labute approximate surface area is 162 Å². The van der Waals surface area contributed by atoms with Gasteiger partial charge < -0.3 is 0 Å². The molecule has 2 heterocycles. The Morgan fingerprint density at radius 1 is 0.679 bits per heavy atom. The van der Waals surface area contributed by atoms with Gasteiger partial charge in [-0.05, 0) is 24.3 Å². The molecule has 0 spiro atoms. The first kappa shape index (κ1) is 16.7. The van der Waals surface area contributed by atoms with Gasteiger partial charge in [0, 0.05) is 22.5 Å². The Kier molecular flexibility index (Phi) is 3.77. The van der Waals surface area contributed by atoms with E-state index in [2.05, 4.69) is 4.98 Å². The number of hydrogen-bond donors (Lipinski definition) is 0. The van der Waals surface area contributed by atoms with E-state index < -0.39 is 10.0 Å². The lowest BCUT2D eigenvalue weighted by atomic mass is 10.1. The minimum Gasteiger partial charge on any atom is -0.255 e. The van der Waals surface area contributed by atoms with E-state index in [0.29, 0.717) is 11.0 Å². The van der Waals surface area contributed by atoms with E-state index in [1.54, 1.807) is 30.5 Å². The molecule has 5 rings (SSSR count). The molecule has 5 aromatic rings. The van der Waals surface area contributed by atoms with E-state index in [1.807, 2.05) is 66.7 Å². The van der Waals surface area contributed by atoms with Crippen molar-refractivity contribution in [3.05, 3.63) is 97.2 Å². The van der Waals surface area contributed by atoms with E-state index in [4.69, 9.17) is 0 Å². The van der Waals surface area contributed by atoms with E-state index in [9.17, 15) is 8.42 Å². The first-order chi connectivity index (χ1) is 13.7. The molecule has 0 N–H and O–H groups in total. The summed E-state index contributed by atoms with van der Waals surface area (Å²) >= 11 is 0. The third-order valence-corrected chi connectivity index (χ3v) is 6.61. The maximum atomic E-state index is 13.5. The van der Waals surface area contributed by atoms with Crippen LogP contribution in [0, 0.1) is 0 Å². The Hall–Kier alpha value is -3.44. The second-order valence-electron chi connectivity index (χ2n) is 6.55. The van der Waals surface area contributed by atoms with E-state index >= 15 is 0 Å². The molecule has 0 bridgehead atoms. The summed E-state index contributed by atoms with van der Waals surface area (Å²) in [5, 5.41) is 1.68. The highest BCUT2D eigenvalue weighted by Gasteiger charge is 2.23. The molecule has 2 aromatic heterocycles. The molecule has 0 aliphatic heterocycles. The number of nitrogens with zero attached hydrogens (tertiary/aromatic N) is 2. The number of pyridine rings is 1. The molecule has 0 amide bonds. The number of rotatable bonds is 3. The molecule has 0 unspecified atom stereocenters. The summed E-state index contributed by atoms with van der Waals surface area (Å²) in [5.74, 6) is 0. The maximum Gasteiger partial charge on any atom is 0.268 e. The van der Waals surface area contributed by atoms with E-state index in [1.165, 1.54) is 3.97 Å². The maximum absolute atomic E-state index is 13.5. The first-order valence-electron chi connectivity index (χ1n) is 8.91. The fourth-order valence-electron chi connectivity index (χ4n) is 3.55. The van der Waals surface area contributed by atoms with Crippen molar-refractivity contribution >= 4 is 31.8 Å². The molecule has 3 aromatic carbocycles. The van der Waals surface area contributed by atoms with Crippen LogP contribution in [0.1, 0.15) is 0 Å². The number of aromatic nitrogens is 2. The second-order valence-corrected chi connectivity index (χ2v) is 8.34. The predicted octanol–water partition coefficient (Wildman–Crippen LogP) is 5.09. The van der Waals surface area contributed by atoms with Crippen LogP contribution in [0.3, 0.4) is 0 Å². The van der Waals surface area contributed by atoms with Crippen molar-refractivity contribution in [1.82, 2.24) is 8.96 Å². The van der Waals surface area contributed by atoms with Gasteiger partial charge in [-0.15, -0.1) is 0 Å². The van der Waals surface area contributed by atoms with Crippen molar-refractivity contribution in [2.75, 3.05) is 0 Å². The lowest BCUT2D eigenvalue weighted by Gasteiger charge is -2.10. The minimum atomic E-state index is -3.76. The van der Waals surface area contributed by atoms with Crippen LogP contribution in [-0.2, 0) is 10.0 Å². The molecular weight excluding hydrogens is 368 g/mol. The highest BCUT2D eigenvalue weighted by Crippen LogP contribution is 2.33. The largest absolute Gasteiger partial charge is 0.268 e. The van der Waals surface area contributed by atoms with E-state index in [0.717, 1.165) is 22.0 Å². The molecule has 0 saturated heterocycles. The van der Waals surface area contributed by atoms with Crippen LogP contribution in [0.25, 0.3) is 33.1 Å². The number of hydrogen-bond acceptors (Lipinski definition) is 3. The summed E-state index contributed by atoms with van der Waals surface area (Å²) in [7, 11) is -3.76. The van der Waals surface area contributed by atoms with Crippen LogP contribution in [-0.4, -0.2) is 17.4 Å². The summed E-state index contributed by atoms with van der Waals surface area (Å²) in [4.78, 5) is 4.85. The number of fused-ring (bicyclic) bond motifs is 3. The van der Waals surface area contributed by atoms with Gasteiger partial charge in [-0.3, -0.25) is 4.98 Å². The second kappa shape index (κ2) is 6.32. The summed E-state index contributed by atoms with van der Waals surface area (Å²) in [6.07, 6.45) is 1.76. The van der Waals surface area contributed by atoms with Crippen molar-refractivity contribution < 1.29 is 8.42 Å². The molecule has 0 saturated carbocycles. The number of para-hydroxylation sites is 1. The Bertz CT molecular complexity index is 1410. The summed E-state index contributed by atoms with van der Waals surface area (Å²) < 4.78 is 28.5. The summed E-state index contributed by atoms with van der Waals surface area (Å²) in [5.41, 5.74) is 2.95. The molecule has 5 heteroatoms. The van der Waals surface area contributed by atoms with Gasteiger partial charge in [0.15, 0.2) is 0 Å². The molecule has 28 heavy (non-hydrogen) atoms. The molecule has 0 atom stereocenters. The lowest BCUT2D eigenvalue weighted by molar-refractivity contribution is 0.590. The van der Waals surface area contributed by atoms with Crippen LogP contribution in [0.2, 0.25) is 0 Å². The van der Waals surface area contributed by atoms with Crippen molar-refractivity contribution in [3.63, 3.8) is 0 Å². The summed E-state index contributed by atoms with van der Waals surface area (Å²) in [6, 6.07) is 27.6. The molecule has 0 fully saturated rings. The van der Waals surface area contributed by atoms with Gasteiger partial charge in [-0.2, -0.15) is 0 Å². The van der Waals surface area contributed by atoms with Gasteiger partial charge in [-0.25, -0.2) is 12.4 Å². The Morgan fingerprint density at radius 3 is 2.07 bits per heavy atom. The quantitative estimate of drug-likeness (QED) is 0.435. The molecule has 136 valence electrons. The highest BCUT2D eigenvalue weighted by molar-refractivity contribution is 7.90. The summed E-state index contributed by atoms with van der Waals surface area (Å²) in [6.45, 7) is 0. The van der Waals surface area contributed by atoms with Crippen LogP contribution in [0.15, 0.2) is 102 Å². The normalized spacial score (nSPS) is 11.9. The Morgan fingerprint density at radius 2 is 1.32 bits per heavy atom. The van der Waals surface area contributed by atoms with Gasteiger partial charge in [-0.1, -0.05) is 66.7 Å². The van der Waals surface area contributed by atoms with Crippen LogP contribution < -0.4 is 0 Å². The standard InChI is InChI=1S/C23H16N2O2S/c26-28(27,18-11-5-2-6-12-18)25-22-14-8-7-13-19(22)20-16-24-21(15-23(20)25)17-9-3-1-4-10-17/h1-16H. The zero-order valence-electron chi connectivity index (χ0n) is 14.9. The van der Waals surface area contributed by atoms with Crippen molar-refractivity contribution in [2.24, 2.45) is 0 Å². The van der Waals surface area contributed by atoms with Gasteiger partial charge in [0.1, 0.15) is 0 Å². The topological polar surface area (TPSA) is 52.0 Å². The number of benzene rings is 3. The molecule has 0 radical (unpaired) electrons. The fourth-order valence-corrected chi connectivity index (χ4v) is 5.09. The average molecular weight is 384 g/mol. The van der Waals surface area contributed by atoms with Crippen molar-refractivity contribution in [2.45, 2.75) is 4.90 Å². The molecule has 0 aliphatic rings. The SMILES string of the molecule is O=S(=O)(c1ccccc1)n1c2ccccc2c2cnc(-c3ccccc3)cc21. The minimum absolute atomic E-state index is 0.260. The Balaban J connectivity index is 1.88. The van der Waals surface area contributed by atoms with Crippen molar-refractivity contribution in [1.29, 1.82) is 0 Å². The van der Waals surface area contributed by atoms with E-state index in [-0.39, 0.29) is 4.90 Å². The zero-order valence-corrected chi connectivity index (χ0v) is 15.7. The van der Waals surface area contributed by atoms with Crippen LogP contribution in [0.4, 0.5) is 0 Å². The fraction of sp³-hybridized carbons (Fsp3) is 0. The zero-order chi connectivity index (χ0) is 19.1. The monoisotopic (exact) mass is 384 g/mol. The van der Waals surface area contributed by atoms with Crippen LogP contribution >= 0.6 is 0 Å². The lowest BCUT2D eigenvalue weighted by Crippen LogP contribution is -2.12. The van der Waals surface area contributed by atoms with Gasteiger partial charge >= 0.3 is 0 Å². The van der Waals surface area contributed by atoms with Gasteiger partial charge in [0.2, 0.25) is 0 Å². The first-order valence-corrected chi connectivity index (χ1v) is 10.4. The molecule has 0 aliphatic carbocycles. The highest BCUT2D eigenvalue weighted by atomic mass is 32.2. The molecule has 4 nitrogen and oxygen atoms in total. The van der Waals surface area contributed by atoms with Gasteiger partial charge in [0.25, 0.3) is 10.0 Å². The predicted molar refractivity (Wildman–Crippen MR) is 112 cm³/mol. The smallest absolute Gasteiger partial charge is 0.255 e. The van der Waals surface area contributed by atoms with Crippen LogP contribution in [0.5, 0.6) is 0 Å². The average Bonchev–Trinajstić information content (AvgIpc) is 3.09. The third-order valence-electron chi connectivity index (χ3n) is 4.86. The van der Waals surface area contributed by atoms with Gasteiger partial charge in [0.05, 0.1) is 21.6 Å². The van der Waals surface area contributed by atoms with Crippen molar-refractivity contribution in [3.8, 4) is 11.3 Å². The molecular formula is C23H16N2O2S.